The summed E-state index contributed by atoms with van der Waals surface area (Å²) in [5.41, 5.74) is -1.64. The van der Waals surface area contributed by atoms with Crippen LogP contribution in [0, 0.1) is 28.6 Å². The van der Waals surface area contributed by atoms with Gasteiger partial charge in [-0.05, 0) is 74.7 Å². The van der Waals surface area contributed by atoms with E-state index in [-0.39, 0.29) is 29.1 Å². The number of aliphatic hydroxyl groups excluding tert-OH is 1. The highest BCUT2D eigenvalue weighted by atomic mass is 16.5. The molecule has 4 saturated carbocycles. The number of fused-ring (bicyclic) bond motifs is 5. The monoisotopic (exact) mass is 443 g/mol. The smallest absolute Gasteiger partial charge is 0.331 e. The number of hydrogen-bond acceptors (Lipinski definition) is 6. The third-order valence-electron chi connectivity index (χ3n) is 10.2. The molecule has 0 radical (unpaired) electrons. The van der Waals surface area contributed by atoms with Crippen LogP contribution in [0.5, 0.6) is 0 Å². The van der Waals surface area contributed by atoms with Crippen LogP contribution in [0.1, 0.15) is 64.7 Å². The third-order valence-corrected chi connectivity index (χ3v) is 10.2. The molecule has 4 aliphatic carbocycles. The Morgan fingerprint density at radius 1 is 1.16 bits per heavy atom. The largest absolute Gasteiger partial charge is 0.458 e. The summed E-state index contributed by atoms with van der Waals surface area (Å²) in [5, 5.41) is 34.6. The number of hydrogen-bond donors (Lipinski definition) is 3. The highest BCUT2D eigenvalue weighted by Crippen LogP contribution is 2.70. The van der Waals surface area contributed by atoms with Crippen LogP contribution in [-0.2, 0) is 9.53 Å². The fraction of sp³-hybridized carbons (Fsp3) is 0.769. The second-order valence-corrected chi connectivity index (χ2v) is 11.3. The van der Waals surface area contributed by atoms with Crippen molar-refractivity contribution in [3.8, 4) is 0 Å². The van der Waals surface area contributed by atoms with Crippen molar-refractivity contribution in [2.24, 2.45) is 33.6 Å². The fourth-order valence-electron chi connectivity index (χ4n) is 8.65. The zero-order valence-corrected chi connectivity index (χ0v) is 19.1. The van der Waals surface area contributed by atoms with Gasteiger partial charge in [-0.15, -0.1) is 6.58 Å². The van der Waals surface area contributed by atoms with Crippen molar-refractivity contribution in [2.45, 2.75) is 82.0 Å². The summed E-state index contributed by atoms with van der Waals surface area (Å²) < 4.78 is 5.21. The second-order valence-electron chi connectivity index (χ2n) is 11.3. The SMILES string of the molecule is C=CCN=C[C@]12CCC(O)CC1(O)CCC1[C@@H]2CC[C@]2(C)C(C3=CC(=O)OC3)CCC12O. The first-order valence-electron chi connectivity index (χ1n) is 12.3. The fourth-order valence-corrected chi connectivity index (χ4v) is 8.65. The zero-order valence-electron chi connectivity index (χ0n) is 19.1. The summed E-state index contributed by atoms with van der Waals surface area (Å²) in [6.45, 7) is 6.83. The average Bonchev–Trinajstić information content (AvgIpc) is 3.28. The maximum absolute atomic E-state index is 12.3. The summed E-state index contributed by atoms with van der Waals surface area (Å²) >= 11 is 0. The van der Waals surface area contributed by atoms with Gasteiger partial charge >= 0.3 is 5.97 Å². The Morgan fingerprint density at radius 2 is 1.94 bits per heavy atom. The maximum atomic E-state index is 12.3. The Kier molecular flexibility index (Phi) is 5.23. The predicted molar refractivity (Wildman–Crippen MR) is 121 cm³/mol. The lowest BCUT2D eigenvalue weighted by atomic mass is 9.41. The molecule has 176 valence electrons. The Bertz CT molecular complexity index is 868. The quantitative estimate of drug-likeness (QED) is 0.352. The second kappa shape index (κ2) is 7.51. The minimum atomic E-state index is -0.993. The Morgan fingerprint density at radius 3 is 2.66 bits per heavy atom. The molecule has 5 unspecified atom stereocenters. The molecule has 3 N–H and O–H groups in total. The van der Waals surface area contributed by atoms with Crippen molar-refractivity contribution >= 4 is 12.2 Å². The molecule has 0 bridgehead atoms. The Balaban J connectivity index is 1.53. The molecule has 0 amide bonds. The molecule has 0 aromatic heterocycles. The van der Waals surface area contributed by atoms with E-state index in [4.69, 9.17) is 4.74 Å². The van der Waals surface area contributed by atoms with Crippen LogP contribution in [0.4, 0.5) is 0 Å². The summed E-state index contributed by atoms with van der Waals surface area (Å²) in [6, 6.07) is 0. The zero-order chi connectivity index (χ0) is 22.8. The van der Waals surface area contributed by atoms with Crippen molar-refractivity contribution in [1.82, 2.24) is 0 Å². The van der Waals surface area contributed by atoms with Gasteiger partial charge in [0.15, 0.2) is 0 Å². The van der Waals surface area contributed by atoms with Gasteiger partial charge in [0, 0.05) is 29.5 Å². The van der Waals surface area contributed by atoms with E-state index < -0.39 is 22.7 Å². The number of carbonyl (C=O) groups is 1. The van der Waals surface area contributed by atoms with E-state index in [0.717, 1.165) is 31.3 Å². The van der Waals surface area contributed by atoms with Crippen LogP contribution < -0.4 is 0 Å². The van der Waals surface area contributed by atoms with Crippen LogP contribution in [-0.4, -0.2) is 58.0 Å². The van der Waals surface area contributed by atoms with E-state index in [1.165, 1.54) is 0 Å². The molecular formula is C26H37NO5. The molecule has 4 fully saturated rings. The summed E-state index contributed by atoms with van der Waals surface area (Å²) in [4.78, 5) is 16.4. The van der Waals surface area contributed by atoms with E-state index in [1.54, 1.807) is 12.2 Å². The lowest BCUT2D eigenvalue weighted by Gasteiger charge is -2.65. The van der Waals surface area contributed by atoms with Crippen LogP contribution in [0.3, 0.4) is 0 Å². The number of esters is 1. The highest BCUT2D eigenvalue weighted by Gasteiger charge is 2.71. The molecule has 6 heteroatoms. The van der Waals surface area contributed by atoms with E-state index in [2.05, 4.69) is 18.5 Å². The van der Waals surface area contributed by atoms with E-state index in [9.17, 15) is 20.1 Å². The van der Waals surface area contributed by atoms with Crippen LogP contribution in [0.25, 0.3) is 0 Å². The van der Waals surface area contributed by atoms with Gasteiger partial charge in [0.05, 0.1) is 23.9 Å². The molecular weight excluding hydrogens is 406 g/mol. The molecule has 1 aliphatic heterocycles. The number of carbonyl (C=O) groups excluding carboxylic acids is 1. The van der Waals surface area contributed by atoms with Gasteiger partial charge in [0.1, 0.15) is 6.61 Å². The van der Waals surface area contributed by atoms with Crippen molar-refractivity contribution in [1.29, 1.82) is 0 Å². The van der Waals surface area contributed by atoms with E-state index >= 15 is 0 Å². The summed E-state index contributed by atoms with van der Waals surface area (Å²) in [6.07, 6.45) is 11.2. The summed E-state index contributed by atoms with van der Waals surface area (Å²) in [5.74, 6) is 0.0676. The average molecular weight is 444 g/mol. The van der Waals surface area contributed by atoms with Gasteiger partial charge in [-0.25, -0.2) is 4.79 Å². The normalized spacial score (nSPS) is 50.4. The van der Waals surface area contributed by atoms with Gasteiger partial charge in [-0.1, -0.05) is 13.0 Å². The molecule has 0 spiro atoms. The molecule has 0 aromatic rings. The Hall–Kier alpha value is -1.50. The van der Waals surface area contributed by atoms with Gasteiger partial charge < -0.3 is 20.1 Å². The van der Waals surface area contributed by atoms with Gasteiger partial charge in [0.2, 0.25) is 0 Å². The van der Waals surface area contributed by atoms with Crippen LogP contribution >= 0.6 is 0 Å². The van der Waals surface area contributed by atoms with E-state index in [0.29, 0.717) is 45.3 Å². The topological polar surface area (TPSA) is 99.4 Å². The van der Waals surface area contributed by atoms with Gasteiger partial charge in [0.25, 0.3) is 0 Å². The highest BCUT2D eigenvalue weighted by molar-refractivity contribution is 5.85. The van der Waals surface area contributed by atoms with Gasteiger partial charge in [-0.2, -0.15) is 0 Å². The molecule has 6 nitrogen and oxygen atoms in total. The van der Waals surface area contributed by atoms with Crippen molar-refractivity contribution in [3.05, 3.63) is 24.3 Å². The molecule has 32 heavy (non-hydrogen) atoms. The standard InChI is InChI=1S/C26H37NO5/c1-3-12-27-16-24-9-4-18(28)14-25(24,30)10-6-21-20(24)5-8-23(2)19(7-11-26(21,23)31)17-13-22(29)32-15-17/h3,13,16,18-21,28,30-31H,1,4-12,14-15H2,2H3/t18?,19?,20-,21?,23+,24-,25?,26?/m0/s1. The van der Waals surface area contributed by atoms with Crippen molar-refractivity contribution in [2.75, 3.05) is 13.2 Å². The summed E-state index contributed by atoms with van der Waals surface area (Å²) in [7, 11) is 0. The number of cyclic esters (lactones) is 1. The van der Waals surface area contributed by atoms with Crippen molar-refractivity contribution in [3.63, 3.8) is 0 Å². The number of ether oxygens (including phenoxy) is 1. The predicted octanol–water partition coefficient (Wildman–Crippen LogP) is 2.96. The maximum Gasteiger partial charge on any atom is 0.331 e. The first-order valence-corrected chi connectivity index (χ1v) is 12.3. The lowest BCUT2D eigenvalue weighted by molar-refractivity contribution is -0.237. The molecule has 8 atom stereocenters. The van der Waals surface area contributed by atoms with Crippen LogP contribution in [0.2, 0.25) is 0 Å². The third kappa shape index (κ3) is 2.88. The molecule has 5 aliphatic rings. The minimum absolute atomic E-state index is 0.0653. The first kappa shape index (κ1) is 22.3. The lowest BCUT2D eigenvalue weighted by Crippen LogP contribution is -2.68. The minimum Gasteiger partial charge on any atom is -0.458 e. The van der Waals surface area contributed by atoms with E-state index in [1.807, 2.05) is 6.21 Å². The number of aliphatic hydroxyl groups is 3. The molecule has 0 aromatic carbocycles. The number of nitrogens with zero attached hydrogens (tertiary/aromatic N) is 1. The molecule has 5 rings (SSSR count). The first-order chi connectivity index (χ1) is 15.2. The van der Waals surface area contributed by atoms with Crippen LogP contribution in [0.15, 0.2) is 29.3 Å². The molecule has 1 heterocycles. The number of rotatable bonds is 4. The van der Waals surface area contributed by atoms with Gasteiger partial charge in [-0.3, -0.25) is 4.99 Å². The Labute approximate surface area is 190 Å². The van der Waals surface area contributed by atoms with Crippen molar-refractivity contribution < 1.29 is 24.9 Å². The molecule has 0 saturated heterocycles. The number of aliphatic imine (C=N–C) groups is 1.